The molecule has 24 heavy (non-hydrogen) atoms. The first-order chi connectivity index (χ1) is 11.5. The first kappa shape index (κ1) is 16.9. The number of carbonyl (C=O) groups excluding carboxylic acids is 1. The summed E-state index contributed by atoms with van der Waals surface area (Å²) in [6.45, 7) is 7.37. The van der Waals surface area contributed by atoms with Crippen LogP contribution in [0.3, 0.4) is 0 Å². The standard InChI is InChI=1S/C16H23N5O2S/c1-4-10(2)17-14(23)12-6-5-7-20(9-12)16-19-21-13(22)8-11(3)18-15(21)24-16/h8,10,12H,4-7,9H2,1-3H3,(H,17,23)/t10-,12-/m0/s1. The number of nitrogens with zero attached hydrogens (tertiary/aromatic N) is 4. The van der Waals surface area contributed by atoms with Crippen molar-refractivity contribution in [2.45, 2.75) is 46.1 Å². The summed E-state index contributed by atoms with van der Waals surface area (Å²) in [5.41, 5.74) is 0.530. The van der Waals surface area contributed by atoms with Gasteiger partial charge in [0.05, 0.1) is 5.92 Å². The lowest BCUT2D eigenvalue weighted by Crippen LogP contribution is -2.45. The van der Waals surface area contributed by atoms with Gasteiger partial charge >= 0.3 is 0 Å². The zero-order chi connectivity index (χ0) is 17.3. The predicted octanol–water partition coefficient (Wildman–Crippen LogP) is 1.59. The highest BCUT2D eigenvalue weighted by Crippen LogP contribution is 2.27. The van der Waals surface area contributed by atoms with Gasteiger partial charge in [-0.05, 0) is 33.1 Å². The molecule has 130 valence electrons. The van der Waals surface area contributed by atoms with Gasteiger partial charge in [0.1, 0.15) is 0 Å². The average molecular weight is 349 g/mol. The first-order valence-electron chi connectivity index (χ1n) is 8.40. The third-order valence-corrected chi connectivity index (χ3v) is 5.40. The molecular formula is C16H23N5O2S. The molecule has 0 saturated carbocycles. The second-order valence-electron chi connectivity index (χ2n) is 6.42. The van der Waals surface area contributed by atoms with E-state index >= 15 is 0 Å². The van der Waals surface area contributed by atoms with E-state index in [4.69, 9.17) is 0 Å². The average Bonchev–Trinajstić information content (AvgIpc) is 2.99. The van der Waals surface area contributed by atoms with Crippen molar-refractivity contribution in [3.63, 3.8) is 0 Å². The summed E-state index contributed by atoms with van der Waals surface area (Å²) in [5.74, 6) is 0.0764. The van der Waals surface area contributed by atoms with Gasteiger partial charge in [-0.1, -0.05) is 18.3 Å². The highest BCUT2D eigenvalue weighted by Gasteiger charge is 2.28. The quantitative estimate of drug-likeness (QED) is 0.907. The molecule has 2 aromatic rings. The number of fused-ring (bicyclic) bond motifs is 1. The van der Waals surface area contributed by atoms with Crippen LogP contribution in [0.4, 0.5) is 5.13 Å². The minimum Gasteiger partial charge on any atom is -0.353 e. The van der Waals surface area contributed by atoms with E-state index in [9.17, 15) is 9.59 Å². The molecule has 1 aliphatic rings. The Hall–Kier alpha value is -1.96. The number of amides is 1. The maximum Gasteiger partial charge on any atom is 0.275 e. The molecule has 0 spiro atoms. The summed E-state index contributed by atoms with van der Waals surface area (Å²) in [6, 6.07) is 1.68. The predicted molar refractivity (Wildman–Crippen MR) is 94.7 cm³/mol. The van der Waals surface area contributed by atoms with Gasteiger partial charge in [-0.3, -0.25) is 9.59 Å². The van der Waals surface area contributed by atoms with Gasteiger partial charge in [-0.2, -0.15) is 4.52 Å². The maximum absolute atomic E-state index is 12.4. The summed E-state index contributed by atoms with van der Waals surface area (Å²) in [5, 5.41) is 8.22. The van der Waals surface area contributed by atoms with Crippen LogP contribution in [0.5, 0.6) is 0 Å². The zero-order valence-electron chi connectivity index (χ0n) is 14.3. The van der Waals surface area contributed by atoms with Crippen LogP contribution in [0.15, 0.2) is 10.9 Å². The molecular weight excluding hydrogens is 326 g/mol. The van der Waals surface area contributed by atoms with Crippen molar-refractivity contribution >= 4 is 27.3 Å². The van der Waals surface area contributed by atoms with E-state index in [1.54, 1.807) is 6.92 Å². The Morgan fingerprint density at radius 2 is 2.33 bits per heavy atom. The summed E-state index contributed by atoms with van der Waals surface area (Å²) < 4.78 is 1.34. The maximum atomic E-state index is 12.4. The first-order valence-corrected chi connectivity index (χ1v) is 9.22. The van der Waals surface area contributed by atoms with E-state index in [2.05, 4.69) is 27.2 Å². The molecule has 1 aliphatic heterocycles. The van der Waals surface area contributed by atoms with Crippen LogP contribution in [-0.4, -0.2) is 39.6 Å². The summed E-state index contributed by atoms with van der Waals surface area (Å²) in [7, 11) is 0. The molecule has 2 atom stereocenters. The second-order valence-corrected chi connectivity index (χ2v) is 7.35. The molecule has 3 heterocycles. The van der Waals surface area contributed by atoms with Crippen molar-refractivity contribution in [3.05, 3.63) is 22.1 Å². The number of nitrogens with one attached hydrogen (secondary N) is 1. The van der Waals surface area contributed by atoms with Gasteiger partial charge in [-0.25, -0.2) is 4.98 Å². The van der Waals surface area contributed by atoms with Gasteiger partial charge in [0.2, 0.25) is 16.0 Å². The minimum absolute atomic E-state index is 0.0359. The molecule has 0 unspecified atom stereocenters. The van der Waals surface area contributed by atoms with Crippen molar-refractivity contribution in [1.29, 1.82) is 0 Å². The summed E-state index contributed by atoms with van der Waals surface area (Å²) in [4.78, 5) is 31.5. The molecule has 1 amide bonds. The van der Waals surface area contributed by atoms with Gasteiger partial charge in [0.25, 0.3) is 5.56 Å². The van der Waals surface area contributed by atoms with E-state index in [1.165, 1.54) is 21.9 Å². The molecule has 2 aromatic heterocycles. The molecule has 1 N–H and O–H groups in total. The normalized spacial score (nSPS) is 19.5. The van der Waals surface area contributed by atoms with Gasteiger partial charge in [-0.15, -0.1) is 5.10 Å². The van der Waals surface area contributed by atoms with E-state index in [1.807, 2.05) is 6.92 Å². The lowest BCUT2D eigenvalue weighted by Gasteiger charge is -2.32. The van der Waals surface area contributed by atoms with Crippen LogP contribution in [0.25, 0.3) is 4.96 Å². The fraction of sp³-hybridized carbons (Fsp3) is 0.625. The third kappa shape index (κ3) is 3.43. The smallest absolute Gasteiger partial charge is 0.275 e. The Kier molecular flexibility index (Phi) is 4.84. The lowest BCUT2D eigenvalue weighted by molar-refractivity contribution is -0.125. The Morgan fingerprint density at radius 3 is 3.08 bits per heavy atom. The monoisotopic (exact) mass is 349 g/mol. The van der Waals surface area contributed by atoms with Gasteiger partial charge in [0, 0.05) is 30.9 Å². The number of aromatic nitrogens is 3. The number of rotatable bonds is 4. The zero-order valence-corrected chi connectivity index (χ0v) is 15.1. The molecule has 1 saturated heterocycles. The molecule has 8 heteroatoms. The Balaban J connectivity index is 1.78. The van der Waals surface area contributed by atoms with Crippen LogP contribution in [-0.2, 0) is 4.79 Å². The summed E-state index contributed by atoms with van der Waals surface area (Å²) in [6.07, 6.45) is 2.75. The molecule has 0 aliphatic carbocycles. The number of carbonyl (C=O) groups is 1. The van der Waals surface area contributed by atoms with Crippen LogP contribution < -0.4 is 15.8 Å². The van der Waals surface area contributed by atoms with Gasteiger partial charge in [0.15, 0.2) is 0 Å². The van der Waals surface area contributed by atoms with Crippen LogP contribution in [0.2, 0.25) is 0 Å². The van der Waals surface area contributed by atoms with E-state index < -0.39 is 0 Å². The largest absolute Gasteiger partial charge is 0.353 e. The molecule has 0 radical (unpaired) electrons. The van der Waals surface area contributed by atoms with Gasteiger partial charge < -0.3 is 10.2 Å². The number of hydrogen-bond acceptors (Lipinski definition) is 6. The van der Waals surface area contributed by atoms with Crippen molar-refractivity contribution in [2.24, 2.45) is 5.92 Å². The highest BCUT2D eigenvalue weighted by molar-refractivity contribution is 7.20. The molecule has 1 fully saturated rings. The van der Waals surface area contributed by atoms with Crippen molar-refractivity contribution < 1.29 is 4.79 Å². The number of piperidine rings is 1. The number of aryl methyl sites for hydroxylation is 1. The van der Waals surface area contributed by atoms with E-state index in [0.29, 0.717) is 17.2 Å². The SMILES string of the molecule is CC[C@H](C)NC(=O)[C@H]1CCCN(c2nn3c(=O)cc(C)nc3s2)C1. The van der Waals surface area contributed by atoms with Crippen molar-refractivity contribution in [1.82, 2.24) is 19.9 Å². The number of anilines is 1. The lowest BCUT2D eigenvalue weighted by atomic mass is 9.97. The molecule has 0 aromatic carbocycles. The second kappa shape index (κ2) is 6.88. The molecule has 7 nitrogen and oxygen atoms in total. The van der Waals surface area contributed by atoms with Crippen molar-refractivity contribution in [3.8, 4) is 0 Å². The molecule has 0 bridgehead atoms. The fourth-order valence-corrected chi connectivity index (χ4v) is 3.85. The van der Waals surface area contributed by atoms with Crippen molar-refractivity contribution in [2.75, 3.05) is 18.0 Å². The van der Waals surface area contributed by atoms with Crippen LogP contribution in [0, 0.1) is 12.8 Å². The Labute approximate surface area is 144 Å². The highest BCUT2D eigenvalue weighted by atomic mass is 32.1. The Morgan fingerprint density at radius 1 is 1.54 bits per heavy atom. The summed E-state index contributed by atoms with van der Waals surface area (Å²) >= 11 is 1.40. The van der Waals surface area contributed by atoms with E-state index in [0.717, 1.165) is 30.9 Å². The minimum atomic E-state index is -0.164. The molecule has 3 rings (SSSR count). The Bertz CT molecular complexity index is 799. The topological polar surface area (TPSA) is 79.6 Å². The third-order valence-electron chi connectivity index (χ3n) is 4.43. The van der Waals surface area contributed by atoms with Crippen LogP contribution in [0.1, 0.15) is 38.8 Å². The fourth-order valence-electron chi connectivity index (χ4n) is 2.87. The van der Waals surface area contributed by atoms with Crippen LogP contribution >= 0.6 is 11.3 Å². The number of hydrogen-bond donors (Lipinski definition) is 1. The van der Waals surface area contributed by atoms with E-state index in [-0.39, 0.29) is 23.4 Å².